The molecule has 0 aromatic carbocycles. The Hall–Kier alpha value is -1.84. The zero-order valence-electron chi connectivity index (χ0n) is 37.7. The van der Waals surface area contributed by atoms with E-state index >= 15 is 0 Å². The van der Waals surface area contributed by atoms with E-state index < -0.39 is 39.2 Å². The third-order valence-electron chi connectivity index (χ3n) is 9.93. The van der Waals surface area contributed by atoms with Crippen LogP contribution in [0.1, 0.15) is 200 Å². The van der Waals surface area contributed by atoms with Crippen molar-refractivity contribution in [2.45, 2.75) is 212 Å². The normalized spacial score (nSPS) is 14.5. The van der Waals surface area contributed by atoms with Gasteiger partial charge in [-0.3, -0.25) is 13.8 Å². The van der Waals surface area contributed by atoms with E-state index in [4.69, 9.17) is 23.6 Å². The molecule has 0 bridgehead atoms. The van der Waals surface area contributed by atoms with Gasteiger partial charge in [0.25, 0.3) is 0 Å². The fraction of sp³-hybridized carbons (Fsp3) is 0.776. The van der Waals surface area contributed by atoms with E-state index in [1.165, 1.54) is 96.3 Å². The summed E-state index contributed by atoms with van der Waals surface area (Å²) in [7, 11) is -4.53. The Morgan fingerprint density at radius 3 is 1.39 bits per heavy atom. The number of hydrogen-bond acceptors (Lipinski definition) is 8. The summed E-state index contributed by atoms with van der Waals surface area (Å²) in [5.41, 5.74) is 0. The molecule has 0 aromatic heterocycles. The van der Waals surface area contributed by atoms with Crippen LogP contribution in [-0.4, -0.2) is 66.3 Å². The number of phosphoric ester groups is 1. The lowest BCUT2D eigenvalue weighted by atomic mass is 10.1. The molecule has 0 heterocycles. The minimum absolute atomic E-state index is 0.0345. The summed E-state index contributed by atoms with van der Waals surface area (Å²) in [6.07, 6.45) is 53.2. The average Bonchev–Trinajstić information content (AvgIpc) is 3.23. The second-order valence-corrected chi connectivity index (χ2v) is 17.2. The van der Waals surface area contributed by atoms with Crippen molar-refractivity contribution < 1.29 is 43.0 Å². The topological polar surface area (TPSA) is 132 Å². The van der Waals surface area contributed by atoms with E-state index in [9.17, 15) is 19.4 Å². The number of rotatable bonds is 45. The third-order valence-corrected chi connectivity index (χ3v) is 10.9. The number of unbranched alkanes of at least 4 members (excludes halogenated alkanes) is 21. The van der Waals surface area contributed by atoms with Crippen LogP contribution in [0.25, 0.3) is 0 Å². The molecule has 0 aliphatic carbocycles. The summed E-state index contributed by atoms with van der Waals surface area (Å²) >= 11 is 0. The van der Waals surface area contributed by atoms with Gasteiger partial charge in [0.2, 0.25) is 0 Å². The highest BCUT2D eigenvalue weighted by molar-refractivity contribution is 7.47. The molecule has 0 aliphatic heterocycles. The van der Waals surface area contributed by atoms with Crippen molar-refractivity contribution in [3.8, 4) is 0 Å². The number of aliphatic hydroxyl groups is 2. The minimum Gasteiger partial charge on any atom is -0.457 e. The van der Waals surface area contributed by atoms with Crippen LogP contribution in [0.3, 0.4) is 0 Å². The lowest BCUT2D eigenvalue weighted by Crippen LogP contribution is -2.29. The molecular weight excluding hydrogens is 764 g/mol. The molecule has 0 radical (unpaired) electrons. The van der Waals surface area contributed by atoms with Gasteiger partial charge in [0.15, 0.2) is 0 Å². The molecule has 9 nitrogen and oxygen atoms in total. The highest BCUT2D eigenvalue weighted by Gasteiger charge is 2.26. The predicted octanol–water partition coefficient (Wildman–Crippen LogP) is 13.5. The summed E-state index contributed by atoms with van der Waals surface area (Å²) in [6.45, 7) is 3.45. The van der Waals surface area contributed by atoms with Crippen molar-refractivity contribution >= 4 is 13.8 Å². The predicted molar refractivity (Wildman–Crippen MR) is 246 cm³/mol. The second-order valence-electron chi connectivity index (χ2n) is 15.8. The van der Waals surface area contributed by atoms with E-state index in [-0.39, 0.29) is 19.6 Å². The van der Waals surface area contributed by atoms with E-state index in [0.717, 1.165) is 77.0 Å². The fourth-order valence-corrected chi connectivity index (χ4v) is 7.06. The quantitative estimate of drug-likeness (QED) is 0.0237. The van der Waals surface area contributed by atoms with Crippen LogP contribution in [0.2, 0.25) is 0 Å². The van der Waals surface area contributed by atoms with Crippen molar-refractivity contribution in [2.75, 3.05) is 33.0 Å². The minimum atomic E-state index is -4.53. The Bertz CT molecular complexity index is 1100. The molecule has 59 heavy (non-hydrogen) atoms. The van der Waals surface area contributed by atoms with Gasteiger partial charge in [0.1, 0.15) is 12.2 Å². The molecule has 3 atom stereocenters. The van der Waals surface area contributed by atoms with Gasteiger partial charge in [-0.05, 0) is 83.5 Å². The van der Waals surface area contributed by atoms with Crippen LogP contribution < -0.4 is 0 Å². The standard InChI is InChI=1S/C49H89O9P/c1-3-5-7-9-11-13-15-17-19-21-22-23-24-25-27-29-31-33-35-37-39-41-49(52)58-48(46-57-59(53,54)56-44-47(51)43-50)45-55-42-40-38-36-34-32-30-28-26-20-18-16-14-12-10-8-6-4-2/h14-17,20-22,24-26,47-48,50-51H,3-13,18-19,23,27-46H2,1-2H3,(H,53,54)/b16-14-,17-15-,22-21-,25-24-,26-20-. The zero-order chi connectivity index (χ0) is 43.2. The van der Waals surface area contributed by atoms with Crippen LogP contribution in [0.4, 0.5) is 0 Å². The maximum atomic E-state index is 12.7. The molecule has 0 aromatic rings. The Balaban J connectivity index is 4.19. The van der Waals surface area contributed by atoms with Crippen LogP contribution in [0.5, 0.6) is 0 Å². The first-order valence-electron chi connectivity index (χ1n) is 23.8. The maximum absolute atomic E-state index is 12.7. The summed E-state index contributed by atoms with van der Waals surface area (Å²) in [5.74, 6) is -0.399. The third kappa shape index (κ3) is 45.5. The number of allylic oxidation sites excluding steroid dienone is 10. The molecular formula is C49H89O9P. The number of aliphatic hydroxyl groups excluding tert-OH is 2. The van der Waals surface area contributed by atoms with Crippen molar-refractivity contribution in [3.05, 3.63) is 60.8 Å². The SMILES string of the molecule is CCCCCC/C=C\C/C=C\CCCCCCCCOCC(COP(=O)(O)OCC(O)CO)OC(=O)CCCCCCCC/C=C\C/C=C\C/C=C\CCCCCCC. The largest absolute Gasteiger partial charge is 0.472 e. The van der Waals surface area contributed by atoms with Gasteiger partial charge >= 0.3 is 13.8 Å². The first kappa shape index (κ1) is 57.2. The number of phosphoric acid groups is 1. The molecule has 0 saturated heterocycles. The van der Waals surface area contributed by atoms with Gasteiger partial charge < -0.3 is 24.6 Å². The molecule has 0 amide bonds. The number of carbonyl (C=O) groups is 1. The number of hydrogen-bond donors (Lipinski definition) is 3. The lowest BCUT2D eigenvalue weighted by Gasteiger charge is -2.20. The maximum Gasteiger partial charge on any atom is 0.472 e. The van der Waals surface area contributed by atoms with E-state index in [0.29, 0.717) is 13.0 Å². The van der Waals surface area contributed by atoms with Crippen molar-refractivity contribution in [1.29, 1.82) is 0 Å². The highest BCUT2D eigenvalue weighted by atomic mass is 31.2. The zero-order valence-corrected chi connectivity index (χ0v) is 38.6. The number of esters is 1. The summed E-state index contributed by atoms with van der Waals surface area (Å²) in [4.78, 5) is 22.6. The second kappa shape index (κ2) is 45.7. The molecule has 0 fully saturated rings. The average molecular weight is 853 g/mol. The molecule has 0 rings (SSSR count). The Labute approximate surface area is 361 Å². The summed E-state index contributed by atoms with van der Waals surface area (Å²) in [5, 5.41) is 18.4. The number of ether oxygens (including phenoxy) is 2. The fourth-order valence-electron chi connectivity index (χ4n) is 6.27. The summed E-state index contributed by atoms with van der Waals surface area (Å²) in [6, 6.07) is 0. The molecule has 3 unspecified atom stereocenters. The Kier molecular flexibility index (Phi) is 44.3. The van der Waals surface area contributed by atoms with E-state index in [1.54, 1.807) is 0 Å². The van der Waals surface area contributed by atoms with Gasteiger partial charge in [-0.15, -0.1) is 0 Å². The van der Waals surface area contributed by atoms with E-state index in [1.807, 2.05) is 0 Å². The molecule has 0 aliphatic rings. The molecule has 3 N–H and O–H groups in total. The van der Waals surface area contributed by atoms with E-state index in [2.05, 4.69) is 74.6 Å². The first-order valence-corrected chi connectivity index (χ1v) is 25.3. The Morgan fingerprint density at radius 1 is 0.525 bits per heavy atom. The van der Waals surface area contributed by atoms with Crippen LogP contribution in [0, 0.1) is 0 Å². The van der Waals surface area contributed by atoms with Crippen LogP contribution in [-0.2, 0) is 27.9 Å². The molecule has 0 saturated carbocycles. The van der Waals surface area contributed by atoms with Gasteiger partial charge in [-0.2, -0.15) is 0 Å². The van der Waals surface area contributed by atoms with Crippen LogP contribution >= 0.6 is 7.82 Å². The summed E-state index contributed by atoms with van der Waals surface area (Å²) < 4.78 is 33.4. The Morgan fingerprint density at radius 2 is 0.915 bits per heavy atom. The molecule has 344 valence electrons. The molecule has 0 spiro atoms. The van der Waals surface area contributed by atoms with Gasteiger partial charge in [-0.1, -0.05) is 171 Å². The van der Waals surface area contributed by atoms with Crippen molar-refractivity contribution in [2.24, 2.45) is 0 Å². The number of carbonyl (C=O) groups excluding carboxylic acids is 1. The lowest BCUT2D eigenvalue weighted by molar-refractivity contribution is -0.154. The molecule has 10 heteroatoms. The van der Waals surface area contributed by atoms with Crippen LogP contribution in [0.15, 0.2) is 60.8 Å². The highest BCUT2D eigenvalue weighted by Crippen LogP contribution is 2.43. The first-order chi connectivity index (χ1) is 28.8. The van der Waals surface area contributed by atoms with Gasteiger partial charge in [0, 0.05) is 13.0 Å². The monoisotopic (exact) mass is 853 g/mol. The van der Waals surface area contributed by atoms with Crippen molar-refractivity contribution in [1.82, 2.24) is 0 Å². The van der Waals surface area contributed by atoms with Gasteiger partial charge in [-0.25, -0.2) is 4.57 Å². The van der Waals surface area contributed by atoms with Crippen molar-refractivity contribution in [3.63, 3.8) is 0 Å². The van der Waals surface area contributed by atoms with Gasteiger partial charge in [0.05, 0.1) is 26.4 Å². The smallest absolute Gasteiger partial charge is 0.457 e.